The lowest BCUT2D eigenvalue weighted by Gasteiger charge is -2.18. The molecule has 0 aromatic heterocycles. The highest BCUT2D eigenvalue weighted by Gasteiger charge is 2.19. The SMILES string of the molecule is CC(=O)N(Br)c1cc(Cl)cc(C(=O)c2ccccc2)c1C. The summed E-state index contributed by atoms with van der Waals surface area (Å²) in [5, 5.41) is 0.403. The van der Waals surface area contributed by atoms with Crippen molar-refractivity contribution in [2.45, 2.75) is 13.8 Å². The molecule has 0 saturated carbocycles. The summed E-state index contributed by atoms with van der Waals surface area (Å²) in [6.07, 6.45) is 0. The Morgan fingerprint density at radius 3 is 2.33 bits per heavy atom. The molecule has 5 heteroatoms. The molecule has 2 rings (SSSR count). The summed E-state index contributed by atoms with van der Waals surface area (Å²) in [5.41, 5.74) is 2.32. The fraction of sp³-hybridized carbons (Fsp3) is 0.125. The molecule has 108 valence electrons. The maximum atomic E-state index is 12.6. The number of anilines is 1. The lowest BCUT2D eigenvalue weighted by Crippen LogP contribution is -2.18. The van der Waals surface area contributed by atoms with Crippen molar-refractivity contribution < 1.29 is 9.59 Å². The Labute approximate surface area is 136 Å². The van der Waals surface area contributed by atoms with E-state index in [9.17, 15) is 9.59 Å². The third-order valence-electron chi connectivity index (χ3n) is 3.11. The fourth-order valence-corrected chi connectivity index (χ4v) is 2.60. The molecule has 0 unspecified atom stereocenters. The Kier molecular flexibility index (Phi) is 4.80. The number of ketones is 1. The van der Waals surface area contributed by atoms with Gasteiger partial charge in [0, 0.05) is 23.1 Å². The zero-order chi connectivity index (χ0) is 15.6. The Morgan fingerprint density at radius 2 is 1.76 bits per heavy atom. The zero-order valence-electron chi connectivity index (χ0n) is 11.6. The molecular formula is C16H13BrClNO2. The maximum Gasteiger partial charge on any atom is 0.233 e. The van der Waals surface area contributed by atoms with Crippen LogP contribution in [0.25, 0.3) is 0 Å². The monoisotopic (exact) mass is 365 g/mol. The topological polar surface area (TPSA) is 37.4 Å². The van der Waals surface area contributed by atoms with Crippen molar-refractivity contribution in [1.82, 2.24) is 0 Å². The van der Waals surface area contributed by atoms with Crippen LogP contribution < -0.4 is 3.93 Å². The molecule has 3 nitrogen and oxygen atoms in total. The van der Waals surface area contributed by atoms with E-state index in [0.717, 1.165) is 0 Å². The quantitative estimate of drug-likeness (QED) is 0.590. The van der Waals surface area contributed by atoms with Crippen LogP contribution >= 0.6 is 27.7 Å². The minimum atomic E-state index is -0.196. The maximum absolute atomic E-state index is 12.6. The number of carbonyl (C=O) groups excluding carboxylic acids is 2. The Hall–Kier alpha value is -1.65. The van der Waals surface area contributed by atoms with Gasteiger partial charge in [-0.1, -0.05) is 41.9 Å². The molecule has 2 aromatic carbocycles. The van der Waals surface area contributed by atoms with Crippen LogP contribution in [0.5, 0.6) is 0 Å². The van der Waals surface area contributed by atoms with Crippen LogP contribution in [0.1, 0.15) is 28.4 Å². The number of carbonyl (C=O) groups is 2. The predicted octanol–water partition coefficient (Wildman–Crippen LogP) is 4.54. The van der Waals surface area contributed by atoms with Crippen molar-refractivity contribution in [3.05, 3.63) is 64.2 Å². The first-order valence-electron chi connectivity index (χ1n) is 6.28. The summed E-state index contributed by atoms with van der Waals surface area (Å²) >= 11 is 9.28. The molecule has 0 radical (unpaired) electrons. The van der Waals surface area contributed by atoms with Gasteiger partial charge in [-0.25, -0.2) is 3.93 Å². The van der Waals surface area contributed by atoms with Crippen LogP contribution in [0.15, 0.2) is 42.5 Å². The van der Waals surface area contributed by atoms with Gasteiger partial charge in [0.05, 0.1) is 21.8 Å². The predicted molar refractivity (Wildman–Crippen MR) is 88.2 cm³/mol. The largest absolute Gasteiger partial charge is 0.289 e. The van der Waals surface area contributed by atoms with Gasteiger partial charge in [0.25, 0.3) is 0 Å². The molecule has 1 amide bonds. The van der Waals surface area contributed by atoms with E-state index >= 15 is 0 Å². The summed E-state index contributed by atoms with van der Waals surface area (Å²) in [4.78, 5) is 24.1. The molecule has 0 aliphatic rings. The van der Waals surface area contributed by atoms with Gasteiger partial charge in [-0.05, 0) is 24.6 Å². The number of halogens is 2. The molecule has 0 aliphatic heterocycles. The molecule has 0 spiro atoms. The summed E-state index contributed by atoms with van der Waals surface area (Å²) in [7, 11) is 0. The van der Waals surface area contributed by atoms with E-state index in [1.54, 1.807) is 43.3 Å². The van der Waals surface area contributed by atoms with Gasteiger partial charge < -0.3 is 0 Å². The normalized spacial score (nSPS) is 10.3. The number of benzene rings is 2. The highest BCUT2D eigenvalue weighted by atomic mass is 79.9. The van der Waals surface area contributed by atoms with Crippen molar-refractivity contribution in [3.63, 3.8) is 0 Å². The van der Waals surface area contributed by atoms with E-state index in [4.69, 9.17) is 11.6 Å². The number of amides is 1. The molecule has 2 aromatic rings. The highest BCUT2D eigenvalue weighted by Crippen LogP contribution is 2.31. The van der Waals surface area contributed by atoms with Crippen molar-refractivity contribution in [2.75, 3.05) is 3.93 Å². The van der Waals surface area contributed by atoms with Crippen molar-refractivity contribution in [1.29, 1.82) is 0 Å². The Morgan fingerprint density at radius 1 is 1.14 bits per heavy atom. The van der Waals surface area contributed by atoms with Crippen LogP contribution in [-0.4, -0.2) is 11.7 Å². The summed E-state index contributed by atoms with van der Waals surface area (Å²) in [6, 6.07) is 12.2. The standard InChI is InChI=1S/C16H13BrClNO2/c1-10-14(16(21)12-6-4-3-5-7-12)8-13(18)9-15(10)19(17)11(2)20/h3-9H,1-2H3. The molecule has 0 fully saturated rings. The van der Waals surface area contributed by atoms with E-state index in [0.29, 0.717) is 27.4 Å². The Bertz CT molecular complexity index is 701. The molecule has 0 atom stereocenters. The minimum absolute atomic E-state index is 0.124. The van der Waals surface area contributed by atoms with Gasteiger partial charge in [0.2, 0.25) is 5.91 Å². The zero-order valence-corrected chi connectivity index (χ0v) is 13.9. The molecule has 21 heavy (non-hydrogen) atoms. The summed E-state index contributed by atoms with van der Waals surface area (Å²) in [5.74, 6) is -0.320. The molecule has 0 heterocycles. The second-order valence-corrected chi connectivity index (χ2v) is 5.74. The van der Waals surface area contributed by atoms with Crippen LogP contribution in [0.2, 0.25) is 5.02 Å². The van der Waals surface area contributed by atoms with Gasteiger partial charge in [0.1, 0.15) is 0 Å². The number of hydrogen-bond acceptors (Lipinski definition) is 2. The lowest BCUT2D eigenvalue weighted by molar-refractivity contribution is -0.115. The first-order chi connectivity index (χ1) is 9.91. The molecular weight excluding hydrogens is 354 g/mol. The second kappa shape index (κ2) is 6.41. The van der Waals surface area contributed by atoms with Crippen molar-refractivity contribution in [2.24, 2.45) is 0 Å². The minimum Gasteiger partial charge on any atom is -0.289 e. The van der Waals surface area contributed by atoms with E-state index in [1.807, 2.05) is 6.07 Å². The van der Waals surface area contributed by atoms with Crippen LogP contribution in [-0.2, 0) is 4.79 Å². The van der Waals surface area contributed by atoms with Crippen LogP contribution in [0, 0.1) is 6.92 Å². The van der Waals surface area contributed by atoms with E-state index in [-0.39, 0.29) is 11.7 Å². The number of hydrogen-bond donors (Lipinski definition) is 0. The van der Waals surface area contributed by atoms with Gasteiger partial charge in [-0.3, -0.25) is 9.59 Å². The summed E-state index contributed by atoms with van der Waals surface area (Å²) in [6.45, 7) is 3.22. The lowest BCUT2D eigenvalue weighted by atomic mass is 9.98. The van der Waals surface area contributed by atoms with Gasteiger partial charge in [-0.2, -0.15) is 0 Å². The average molecular weight is 367 g/mol. The molecule has 0 bridgehead atoms. The van der Waals surface area contributed by atoms with Crippen LogP contribution in [0.3, 0.4) is 0 Å². The first kappa shape index (κ1) is 15.7. The van der Waals surface area contributed by atoms with Crippen LogP contribution in [0.4, 0.5) is 5.69 Å². The van der Waals surface area contributed by atoms with Gasteiger partial charge in [-0.15, -0.1) is 0 Å². The number of nitrogens with zero attached hydrogens (tertiary/aromatic N) is 1. The Balaban J connectivity index is 2.55. The van der Waals surface area contributed by atoms with Gasteiger partial charge in [0.15, 0.2) is 5.78 Å². The third-order valence-corrected chi connectivity index (χ3v) is 4.21. The number of rotatable bonds is 3. The van der Waals surface area contributed by atoms with Gasteiger partial charge >= 0.3 is 0 Å². The molecule has 0 N–H and O–H groups in total. The van der Waals surface area contributed by atoms with Crippen molar-refractivity contribution >= 4 is 45.1 Å². The summed E-state index contributed by atoms with van der Waals surface area (Å²) < 4.78 is 1.30. The highest BCUT2D eigenvalue weighted by molar-refractivity contribution is 9.10. The average Bonchev–Trinajstić information content (AvgIpc) is 2.48. The van der Waals surface area contributed by atoms with E-state index < -0.39 is 0 Å². The molecule has 0 aliphatic carbocycles. The second-order valence-electron chi connectivity index (χ2n) is 4.59. The fourth-order valence-electron chi connectivity index (χ4n) is 2.02. The third kappa shape index (κ3) is 3.34. The first-order valence-corrected chi connectivity index (χ1v) is 7.37. The van der Waals surface area contributed by atoms with Crippen molar-refractivity contribution in [3.8, 4) is 0 Å². The van der Waals surface area contributed by atoms with E-state index in [2.05, 4.69) is 16.1 Å². The smallest absolute Gasteiger partial charge is 0.233 e. The molecule has 0 saturated heterocycles. The van der Waals surface area contributed by atoms with E-state index in [1.165, 1.54) is 10.8 Å².